The van der Waals surface area contributed by atoms with Crippen LogP contribution in [0.4, 0.5) is 0 Å². The minimum Gasteiger partial charge on any atom is -0.379 e. The third-order valence-corrected chi connectivity index (χ3v) is 4.96. The fourth-order valence-corrected chi connectivity index (χ4v) is 3.38. The molecule has 1 fully saturated rings. The molecular formula is C17H21BrN4O3. The maximum absolute atomic E-state index is 12.3. The molecule has 3 rings (SSSR count). The number of benzene rings is 1. The lowest BCUT2D eigenvalue weighted by Gasteiger charge is -2.26. The van der Waals surface area contributed by atoms with E-state index in [-0.39, 0.29) is 18.4 Å². The molecule has 0 saturated carbocycles. The van der Waals surface area contributed by atoms with E-state index in [4.69, 9.17) is 4.74 Å². The molecule has 0 atom stereocenters. The molecule has 0 radical (unpaired) electrons. The van der Waals surface area contributed by atoms with Crippen molar-refractivity contribution < 1.29 is 14.3 Å². The maximum atomic E-state index is 12.3. The van der Waals surface area contributed by atoms with Crippen molar-refractivity contribution >= 4 is 38.6 Å². The van der Waals surface area contributed by atoms with E-state index >= 15 is 0 Å². The molecule has 0 unspecified atom stereocenters. The molecule has 1 aromatic heterocycles. The maximum Gasteiger partial charge on any atom is 0.269 e. The molecule has 2 heterocycles. The van der Waals surface area contributed by atoms with Gasteiger partial charge in [-0.1, -0.05) is 18.2 Å². The summed E-state index contributed by atoms with van der Waals surface area (Å²) in [5.41, 5.74) is 1.29. The Morgan fingerprint density at radius 3 is 2.72 bits per heavy atom. The molecule has 0 bridgehead atoms. The van der Waals surface area contributed by atoms with E-state index in [1.807, 2.05) is 24.3 Å². The van der Waals surface area contributed by atoms with Crippen molar-refractivity contribution in [2.75, 3.05) is 45.9 Å². The van der Waals surface area contributed by atoms with Gasteiger partial charge in [0.05, 0.1) is 24.2 Å². The molecule has 1 aromatic carbocycles. The summed E-state index contributed by atoms with van der Waals surface area (Å²) in [6.07, 6.45) is 0. The number of aromatic nitrogens is 1. The van der Waals surface area contributed by atoms with E-state index in [1.54, 1.807) is 0 Å². The van der Waals surface area contributed by atoms with Gasteiger partial charge in [-0.15, -0.1) is 0 Å². The monoisotopic (exact) mass is 408 g/mol. The lowest BCUT2D eigenvalue weighted by molar-refractivity contribution is -0.120. The van der Waals surface area contributed by atoms with Gasteiger partial charge in [0.25, 0.3) is 5.91 Å². The third-order valence-electron chi connectivity index (χ3n) is 4.13. The number of ether oxygens (including phenoxy) is 1. The zero-order valence-electron chi connectivity index (χ0n) is 13.8. The van der Waals surface area contributed by atoms with Gasteiger partial charge in [0.15, 0.2) is 0 Å². The SMILES string of the molecule is O=C(CNC(=O)c1[nH]c2ccccc2c1Br)NCCN1CCOCC1. The minimum absolute atomic E-state index is 0.0518. The average Bonchev–Trinajstić information content (AvgIpc) is 2.98. The number of para-hydroxylation sites is 1. The number of nitrogens with one attached hydrogen (secondary N) is 3. The smallest absolute Gasteiger partial charge is 0.269 e. The van der Waals surface area contributed by atoms with Crippen LogP contribution in [0.2, 0.25) is 0 Å². The van der Waals surface area contributed by atoms with E-state index in [1.165, 1.54) is 0 Å². The van der Waals surface area contributed by atoms with E-state index in [9.17, 15) is 9.59 Å². The number of hydrogen-bond acceptors (Lipinski definition) is 4. The number of fused-ring (bicyclic) bond motifs is 1. The lowest BCUT2D eigenvalue weighted by Crippen LogP contribution is -2.43. The van der Waals surface area contributed by atoms with Crippen LogP contribution in [0.3, 0.4) is 0 Å². The molecule has 0 spiro atoms. The van der Waals surface area contributed by atoms with Crippen LogP contribution >= 0.6 is 15.9 Å². The Balaban J connectivity index is 1.44. The predicted octanol–water partition coefficient (Wildman–Crippen LogP) is 1.11. The number of nitrogens with zero attached hydrogens (tertiary/aromatic N) is 1. The summed E-state index contributed by atoms with van der Waals surface area (Å²) >= 11 is 3.44. The highest BCUT2D eigenvalue weighted by Gasteiger charge is 2.16. The Hall–Kier alpha value is -1.90. The third kappa shape index (κ3) is 4.59. The molecule has 134 valence electrons. The molecule has 2 amide bonds. The number of aromatic amines is 1. The van der Waals surface area contributed by atoms with Gasteiger partial charge < -0.3 is 20.4 Å². The fraction of sp³-hybridized carbons (Fsp3) is 0.412. The topological polar surface area (TPSA) is 86.5 Å². The molecule has 0 aliphatic carbocycles. The Morgan fingerprint density at radius 1 is 1.20 bits per heavy atom. The quantitative estimate of drug-likeness (QED) is 0.667. The predicted molar refractivity (Wildman–Crippen MR) is 98.6 cm³/mol. The van der Waals surface area contributed by atoms with Crippen molar-refractivity contribution in [2.24, 2.45) is 0 Å². The van der Waals surface area contributed by atoms with Gasteiger partial charge in [0, 0.05) is 37.1 Å². The number of morpholine rings is 1. The second kappa shape index (κ2) is 8.46. The van der Waals surface area contributed by atoms with Crippen molar-refractivity contribution in [1.29, 1.82) is 0 Å². The summed E-state index contributed by atoms with van der Waals surface area (Å²) in [4.78, 5) is 29.5. The largest absolute Gasteiger partial charge is 0.379 e. The normalized spacial score (nSPS) is 15.2. The van der Waals surface area contributed by atoms with E-state index in [0.29, 0.717) is 16.7 Å². The first kappa shape index (κ1) is 17.9. The summed E-state index contributed by atoms with van der Waals surface area (Å²) in [5, 5.41) is 6.40. The summed E-state index contributed by atoms with van der Waals surface area (Å²) in [6, 6.07) is 7.62. The standard InChI is InChI=1S/C17H21BrN4O3/c18-15-12-3-1-2-4-13(12)21-16(15)17(24)20-11-14(23)19-5-6-22-7-9-25-10-8-22/h1-4,21H,5-11H2,(H,19,23)(H,20,24). The Kier molecular flexibility index (Phi) is 6.06. The zero-order valence-corrected chi connectivity index (χ0v) is 15.4. The second-order valence-electron chi connectivity index (χ2n) is 5.85. The van der Waals surface area contributed by atoms with Crippen molar-refractivity contribution in [3.8, 4) is 0 Å². The van der Waals surface area contributed by atoms with Crippen molar-refractivity contribution in [3.05, 3.63) is 34.4 Å². The highest BCUT2D eigenvalue weighted by Crippen LogP contribution is 2.27. The van der Waals surface area contributed by atoms with Crippen molar-refractivity contribution in [1.82, 2.24) is 20.5 Å². The molecule has 1 aliphatic heterocycles. The van der Waals surface area contributed by atoms with Crippen LogP contribution in [-0.4, -0.2) is 67.6 Å². The summed E-state index contributed by atoms with van der Waals surface area (Å²) in [7, 11) is 0. The van der Waals surface area contributed by atoms with Gasteiger partial charge in [0.1, 0.15) is 5.69 Å². The van der Waals surface area contributed by atoms with Gasteiger partial charge >= 0.3 is 0 Å². The molecule has 7 nitrogen and oxygen atoms in total. The first-order valence-corrected chi connectivity index (χ1v) is 9.05. The van der Waals surface area contributed by atoms with Crippen LogP contribution in [0.25, 0.3) is 10.9 Å². The molecule has 25 heavy (non-hydrogen) atoms. The van der Waals surface area contributed by atoms with Gasteiger partial charge in [-0.05, 0) is 22.0 Å². The first-order chi connectivity index (χ1) is 12.1. The van der Waals surface area contributed by atoms with E-state index < -0.39 is 0 Å². The molecule has 2 aromatic rings. The van der Waals surface area contributed by atoms with Crippen LogP contribution in [0, 0.1) is 0 Å². The van der Waals surface area contributed by atoms with Crippen LogP contribution in [0.15, 0.2) is 28.7 Å². The Bertz CT molecular complexity index is 755. The van der Waals surface area contributed by atoms with Crippen LogP contribution in [0.5, 0.6) is 0 Å². The number of carbonyl (C=O) groups excluding carboxylic acids is 2. The van der Waals surface area contributed by atoms with Crippen molar-refractivity contribution in [3.63, 3.8) is 0 Å². The number of halogens is 1. The average molecular weight is 409 g/mol. The van der Waals surface area contributed by atoms with Crippen LogP contribution < -0.4 is 10.6 Å². The minimum atomic E-state index is -0.314. The molecular weight excluding hydrogens is 388 g/mol. The highest BCUT2D eigenvalue weighted by atomic mass is 79.9. The number of H-pyrrole nitrogens is 1. The van der Waals surface area contributed by atoms with Gasteiger partial charge in [-0.2, -0.15) is 0 Å². The Morgan fingerprint density at radius 2 is 1.96 bits per heavy atom. The van der Waals surface area contributed by atoms with Crippen LogP contribution in [0.1, 0.15) is 10.5 Å². The van der Waals surface area contributed by atoms with Gasteiger partial charge in [-0.25, -0.2) is 0 Å². The summed E-state index contributed by atoms with van der Waals surface area (Å²) < 4.78 is 5.98. The fourth-order valence-electron chi connectivity index (χ4n) is 2.75. The second-order valence-corrected chi connectivity index (χ2v) is 6.64. The molecule has 3 N–H and O–H groups in total. The number of hydrogen-bond donors (Lipinski definition) is 3. The Labute approximate surface area is 154 Å². The summed E-state index contributed by atoms with van der Waals surface area (Å²) in [5.74, 6) is -0.514. The van der Waals surface area contributed by atoms with E-state index in [0.717, 1.165) is 43.8 Å². The highest BCUT2D eigenvalue weighted by molar-refractivity contribution is 9.10. The molecule has 1 aliphatic rings. The zero-order chi connectivity index (χ0) is 17.6. The number of carbonyl (C=O) groups is 2. The number of amides is 2. The van der Waals surface area contributed by atoms with Crippen molar-refractivity contribution in [2.45, 2.75) is 0 Å². The lowest BCUT2D eigenvalue weighted by atomic mass is 10.2. The van der Waals surface area contributed by atoms with Gasteiger partial charge in [-0.3, -0.25) is 14.5 Å². The van der Waals surface area contributed by atoms with E-state index in [2.05, 4.69) is 36.4 Å². The summed E-state index contributed by atoms with van der Waals surface area (Å²) in [6.45, 7) is 4.56. The van der Waals surface area contributed by atoms with Crippen LogP contribution in [-0.2, 0) is 9.53 Å². The molecule has 1 saturated heterocycles. The first-order valence-electron chi connectivity index (χ1n) is 8.26. The number of rotatable bonds is 6. The van der Waals surface area contributed by atoms with Gasteiger partial charge in [0.2, 0.25) is 5.91 Å². The molecule has 8 heteroatoms.